The standard InChI is InChI=1S/C27H33N3O/c1-3-21-9-11-22(12-10-21)24-14-13-23-15-17-30(26(23)19-24)20-27(31)28-16-18-29(2)25-7-5-4-6-8-25/h3,9-15,17,19,25H,1,4-8,16,18,20H2,2H3,(H,28,31). The third-order valence-corrected chi connectivity index (χ3v) is 6.55. The van der Waals surface area contributed by atoms with E-state index < -0.39 is 0 Å². The first-order chi connectivity index (χ1) is 15.1. The van der Waals surface area contributed by atoms with E-state index in [0.29, 0.717) is 19.1 Å². The van der Waals surface area contributed by atoms with Crippen LogP contribution in [-0.2, 0) is 11.3 Å². The van der Waals surface area contributed by atoms with Gasteiger partial charge >= 0.3 is 0 Å². The Morgan fingerprint density at radius 1 is 1.10 bits per heavy atom. The number of hydrogen-bond donors (Lipinski definition) is 1. The Hall–Kier alpha value is -2.85. The van der Waals surface area contributed by atoms with E-state index in [4.69, 9.17) is 0 Å². The fraction of sp³-hybridized carbons (Fsp3) is 0.370. The van der Waals surface area contributed by atoms with Crippen molar-refractivity contribution in [3.63, 3.8) is 0 Å². The minimum atomic E-state index is 0.0651. The van der Waals surface area contributed by atoms with Gasteiger partial charge in [0.1, 0.15) is 6.54 Å². The lowest BCUT2D eigenvalue weighted by Crippen LogP contribution is -2.40. The lowest BCUT2D eigenvalue weighted by molar-refractivity contribution is -0.121. The molecule has 1 aliphatic carbocycles. The van der Waals surface area contributed by atoms with Crippen LogP contribution in [0.15, 0.2) is 61.3 Å². The van der Waals surface area contributed by atoms with Gasteiger partial charge in [0.15, 0.2) is 0 Å². The van der Waals surface area contributed by atoms with E-state index in [1.54, 1.807) is 0 Å². The average molecular weight is 416 g/mol. The maximum Gasteiger partial charge on any atom is 0.239 e. The fourth-order valence-corrected chi connectivity index (χ4v) is 4.60. The molecule has 162 valence electrons. The molecule has 4 nitrogen and oxygen atoms in total. The van der Waals surface area contributed by atoms with Crippen LogP contribution in [0, 0.1) is 0 Å². The minimum Gasteiger partial charge on any atom is -0.353 e. The van der Waals surface area contributed by atoms with Crippen molar-refractivity contribution >= 4 is 22.9 Å². The molecule has 0 spiro atoms. The third-order valence-electron chi connectivity index (χ3n) is 6.55. The Bertz CT molecular complexity index is 1030. The first kappa shape index (κ1) is 21.4. The summed E-state index contributed by atoms with van der Waals surface area (Å²) < 4.78 is 2.04. The molecular weight excluding hydrogens is 382 g/mol. The van der Waals surface area contributed by atoms with Crippen LogP contribution in [-0.4, -0.2) is 41.6 Å². The Morgan fingerprint density at radius 2 is 1.84 bits per heavy atom. The highest BCUT2D eigenvalue weighted by Crippen LogP contribution is 2.26. The number of hydrogen-bond acceptors (Lipinski definition) is 2. The second kappa shape index (κ2) is 9.97. The number of rotatable bonds is 8. The van der Waals surface area contributed by atoms with Gasteiger partial charge in [-0.25, -0.2) is 0 Å². The highest BCUT2D eigenvalue weighted by Gasteiger charge is 2.17. The van der Waals surface area contributed by atoms with E-state index in [-0.39, 0.29) is 5.91 Å². The van der Waals surface area contributed by atoms with Gasteiger partial charge in [-0.15, -0.1) is 0 Å². The molecule has 2 aromatic carbocycles. The van der Waals surface area contributed by atoms with Crippen LogP contribution in [0.1, 0.15) is 37.7 Å². The summed E-state index contributed by atoms with van der Waals surface area (Å²) >= 11 is 0. The molecule has 31 heavy (non-hydrogen) atoms. The summed E-state index contributed by atoms with van der Waals surface area (Å²) in [6.07, 6.45) is 10.5. The fourth-order valence-electron chi connectivity index (χ4n) is 4.60. The Balaban J connectivity index is 1.37. The van der Waals surface area contributed by atoms with Crippen molar-refractivity contribution in [2.24, 2.45) is 0 Å². The van der Waals surface area contributed by atoms with Crippen molar-refractivity contribution in [1.29, 1.82) is 0 Å². The maximum atomic E-state index is 12.6. The van der Waals surface area contributed by atoms with Gasteiger partial charge in [0.05, 0.1) is 0 Å². The van der Waals surface area contributed by atoms with E-state index in [2.05, 4.69) is 72.4 Å². The highest BCUT2D eigenvalue weighted by atomic mass is 16.1. The molecule has 0 atom stereocenters. The monoisotopic (exact) mass is 415 g/mol. The van der Waals surface area contributed by atoms with Crippen molar-refractivity contribution < 1.29 is 4.79 Å². The molecule has 1 aliphatic rings. The van der Waals surface area contributed by atoms with Gasteiger partial charge in [0.2, 0.25) is 5.91 Å². The second-order valence-electron chi connectivity index (χ2n) is 8.67. The minimum absolute atomic E-state index is 0.0651. The van der Waals surface area contributed by atoms with Crippen LogP contribution in [0.25, 0.3) is 28.1 Å². The van der Waals surface area contributed by atoms with Gasteiger partial charge in [0.25, 0.3) is 0 Å². The smallest absolute Gasteiger partial charge is 0.239 e. The number of carbonyl (C=O) groups is 1. The van der Waals surface area contributed by atoms with Crippen molar-refractivity contribution in [2.75, 3.05) is 20.1 Å². The highest BCUT2D eigenvalue weighted by molar-refractivity contribution is 5.87. The van der Waals surface area contributed by atoms with Gasteiger partial charge < -0.3 is 14.8 Å². The summed E-state index contributed by atoms with van der Waals surface area (Å²) in [5.74, 6) is 0.0651. The molecule has 1 N–H and O–H groups in total. The third kappa shape index (κ3) is 5.26. The van der Waals surface area contributed by atoms with E-state index in [1.807, 2.05) is 16.8 Å². The molecule has 1 heterocycles. The predicted octanol–water partition coefficient (Wildman–Crippen LogP) is 5.33. The molecule has 3 aromatic rings. The first-order valence-electron chi connectivity index (χ1n) is 11.4. The summed E-state index contributed by atoms with van der Waals surface area (Å²) in [5, 5.41) is 4.25. The SMILES string of the molecule is C=Cc1ccc(-c2ccc3ccn(CC(=O)NCCN(C)C4CCCCC4)c3c2)cc1. The van der Waals surface area contributed by atoms with E-state index >= 15 is 0 Å². The average Bonchev–Trinajstić information content (AvgIpc) is 3.21. The molecule has 0 unspecified atom stereocenters. The summed E-state index contributed by atoms with van der Waals surface area (Å²) in [7, 11) is 2.19. The molecule has 0 saturated heterocycles. The Kier molecular flexibility index (Phi) is 6.88. The molecule has 4 heteroatoms. The summed E-state index contributed by atoms with van der Waals surface area (Å²) in [6, 6.07) is 17.6. The second-order valence-corrected chi connectivity index (χ2v) is 8.67. The van der Waals surface area contributed by atoms with Crippen LogP contribution in [0.5, 0.6) is 0 Å². The van der Waals surface area contributed by atoms with Crippen molar-refractivity contribution in [3.05, 3.63) is 66.9 Å². The lowest BCUT2D eigenvalue weighted by Gasteiger charge is -2.31. The molecule has 0 aliphatic heterocycles. The van der Waals surface area contributed by atoms with Crippen LogP contribution in [0.4, 0.5) is 0 Å². The van der Waals surface area contributed by atoms with Gasteiger partial charge in [0, 0.05) is 30.8 Å². The largest absolute Gasteiger partial charge is 0.353 e. The van der Waals surface area contributed by atoms with Crippen LogP contribution in [0.3, 0.4) is 0 Å². The number of likely N-dealkylation sites (N-methyl/N-ethyl adjacent to an activating group) is 1. The van der Waals surface area contributed by atoms with Crippen molar-refractivity contribution in [1.82, 2.24) is 14.8 Å². The van der Waals surface area contributed by atoms with Crippen LogP contribution in [0.2, 0.25) is 0 Å². The van der Waals surface area contributed by atoms with Crippen molar-refractivity contribution in [3.8, 4) is 11.1 Å². The molecule has 1 saturated carbocycles. The molecule has 0 radical (unpaired) electrons. The maximum absolute atomic E-state index is 12.6. The van der Waals surface area contributed by atoms with E-state index in [0.717, 1.165) is 34.1 Å². The molecule has 1 aromatic heterocycles. The lowest BCUT2D eigenvalue weighted by atomic mass is 9.94. The number of carbonyl (C=O) groups excluding carboxylic acids is 1. The van der Waals surface area contributed by atoms with E-state index in [1.165, 1.54) is 32.1 Å². The summed E-state index contributed by atoms with van der Waals surface area (Å²) in [5.41, 5.74) is 4.51. The number of fused-ring (bicyclic) bond motifs is 1. The quantitative estimate of drug-likeness (QED) is 0.540. The topological polar surface area (TPSA) is 37.3 Å². The molecule has 1 amide bonds. The Morgan fingerprint density at radius 3 is 2.58 bits per heavy atom. The van der Waals surface area contributed by atoms with Gasteiger partial charge in [-0.1, -0.05) is 68.3 Å². The zero-order chi connectivity index (χ0) is 21.6. The normalized spacial score (nSPS) is 14.8. The summed E-state index contributed by atoms with van der Waals surface area (Å²) in [4.78, 5) is 15.0. The van der Waals surface area contributed by atoms with Gasteiger partial charge in [-0.3, -0.25) is 4.79 Å². The van der Waals surface area contributed by atoms with E-state index in [9.17, 15) is 4.79 Å². The van der Waals surface area contributed by atoms with Crippen LogP contribution >= 0.6 is 0 Å². The zero-order valence-corrected chi connectivity index (χ0v) is 18.5. The first-order valence-corrected chi connectivity index (χ1v) is 11.4. The molecule has 1 fully saturated rings. The molecule has 0 bridgehead atoms. The van der Waals surface area contributed by atoms with Crippen LogP contribution < -0.4 is 5.32 Å². The van der Waals surface area contributed by atoms with Crippen molar-refractivity contribution in [2.45, 2.75) is 44.7 Å². The number of benzene rings is 2. The number of nitrogens with zero attached hydrogens (tertiary/aromatic N) is 2. The number of amides is 1. The summed E-state index contributed by atoms with van der Waals surface area (Å²) in [6.45, 7) is 5.77. The van der Waals surface area contributed by atoms with Gasteiger partial charge in [-0.2, -0.15) is 0 Å². The van der Waals surface area contributed by atoms with Gasteiger partial charge in [-0.05, 0) is 54.1 Å². The number of nitrogens with one attached hydrogen (secondary N) is 1. The predicted molar refractivity (Wildman–Crippen MR) is 130 cm³/mol. The number of aromatic nitrogens is 1. The Labute approximate surface area is 185 Å². The zero-order valence-electron chi connectivity index (χ0n) is 18.5. The molecule has 4 rings (SSSR count). The molecular formula is C27H33N3O.